The van der Waals surface area contributed by atoms with Crippen LogP contribution in [0.25, 0.3) is 22.3 Å². The normalized spacial score (nSPS) is 10.5. The molecule has 36 heavy (non-hydrogen) atoms. The molecule has 4 rings (SSSR count). The number of methoxy groups -OCH3 is 1. The zero-order valence-electron chi connectivity index (χ0n) is 20.0. The Morgan fingerprint density at radius 3 is 2.17 bits per heavy atom. The maximum atomic E-state index is 12.9. The van der Waals surface area contributed by atoms with Crippen LogP contribution in [0.2, 0.25) is 0 Å². The van der Waals surface area contributed by atoms with Gasteiger partial charge in [-0.25, -0.2) is 4.79 Å². The molecule has 0 aliphatic carbocycles. The van der Waals surface area contributed by atoms with E-state index in [1.165, 1.54) is 19.2 Å². The van der Waals surface area contributed by atoms with E-state index in [0.29, 0.717) is 34.8 Å². The Hall–Kier alpha value is -4.65. The first-order valence-corrected chi connectivity index (χ1v) is 11.4. The van der Waals surface area contributed by atoms with Gasteiger partial charge in [-0.2, -0.15) is 0 Å². The lowest BCUT2D eigenvalue weighted by Crippen LogP contribution is -2.08. The van der Waals surface area contributed by atoms with E-state index in [1.54, 1.807) is 37.3 Å². The number of nitrogens with zero attached hydrogens (tertiary/aromatic N) is 1. The van der Waals surface area contributed by atoms with Crippen molar-refractivity contribution in [3.63, 3.8) is 0 Å². The van der Waals surface area contributed by atoms with E-state index in [1.807, 2.05) is 48.5 Å². The summed E-state index contributed by atoms with van der Waals surface area (Å²) in [4.78, 5) is 24.5. The van der Waals surface area contributed by atoms with E-state index < -0.39 is 10.9 Å². The molecule has 4 aromatic carbocycles. The fourth-order valence-corrected chi connectivity index (χ4v) is 3.89. The van der Waals surface area contributed by atoms with E-state index in [9.17, 15) is 14.9 Å². The van der Waals surface area contributed by atoms with Gasteiger partial charge in [0.05, 0.1) is 29.8 Å². The third kappa shape index (κ3) is 5.36. The Morgan fingerprint density at radius 1 is 0.833 bits per heavy atom. The molecule has 0 unspecified atom stereocenters. The van der Waals surface area contributed by atoms with Gasteiger partial charge in [0.25, 0.3) is 5.69 Å². The minimum atomic E-state index is -0.553. The smallest absolute Gasteiger partial charge is 0.338 e. The van der Waals surface area contributed by atoms with Crippen molar-refractivity contribution in [1.82, 2.24) is 0 Å². The molecular formula is C29H25NO6. The Bertz CT molecular complexity index is 1370. The highest BCUT2D eigenvalue weighted by Crippen LogP contribution is 2.40. The number of carbonyl (C=O) groups excluding carboxylic acids is 1. The van der Waals surface area contributed by atoms with E-state index in [2.05, 4.69) is 0 Å². The molecule has 4 aromatic rings. The number of esters is 1. The summed E-state index contributed by atoms with van der Waals surface area (Å²) in [6.07, 6.45) is 0. The van der Waals surface area contributed by atoms with Gasteiger partial charge in [-0.15, -0.1) is 0 Å². The molecule has 0 aromatic heterocycles. The van der Waals surface area contributed by atoms with Gasteiger partial charge in [0.1, 0.15) is 6.61 Å². The highest BCUT2D eigenvalue weighted by molar-refractivity contribution is 6.00. The lowest BCUT2D eigenvalue weighted by Gasteiger charge is -2.15. The molecule has 0 heterocycles. The van der Waals surface area contributed by atoms with Crippen LogP contribution in [0.15, 0.2) is 91.0 Å². The molecule has 0 spiro atoms. The lowest BCUT2D eigenvalue weighted by atomic mass is 9.93. The van der Waals surface area contributed by atoms with Crippen LogP contribution in [-0.4, -0.2) is 24.6 Å². The van der Waals surface area contributed by atoms with Gasteiger partial charge in [0.15, 0.2) is 11.5 Å². The molecule has 0 amide bonds. The van der Waals surface area contributed by atoms with Crippen LogP contribution in [0.3, 0.4) is 0 Å². The first-order valence-electron chi connectivity index (χ1n) is 11.4. The van der Waals surface area contributed by atoms with Gasteiger partial charge in [-0.3, -0.25) is 10.1 Å². The summed E-state index contributed by atoms with van der Waals surface area (Å²) in [6.45, 7) is 2.24. The van der Waals surface area contributed by atoms with Crippen molar-refractivity contribution in [2.24, 2.45) is 0 Å². The van der Waals surface area contributed by atoms with Gasteiger partial charge in [0.2, 0.25) is 0 Å². The molecule has 0 N–H and O–H groups in total. The predicted molar refractivity (Wildman–Crippen MR) is 137 cm³/mol. The number of rotatable bonds is 9. The highest BCUT2D eigenvalue weighted by Gasteiger charge is 2.25. The number of hydrogen-bond acceptors (Lipinski definition) is 6. The van der Waals surface area contributed by atoms with Gasteiger partial charge >= 0.3 is 5.97 Å². The first kappa shape index (κ1) is 24.5. The minimum Gasteiger partial charge on any atom is -0.493 e. The highest BCUT2D eigenvalue weighted by atomic mass is 16.6. The van der Waals surface area contributed by atoms with Crippen molar-refractivity contribution in [3.05, 3.63) is 112 Å². The summed E-state index contributed by atoms with van der Waals surface area (Å²) in [5.74, 6) is 0.365. The molecule has 0 fully saturated rings. The number of carbonyl (C=O) groups is 1. The van der Waals surface area contributed by atoms with Crippen LogP contribution < -0.4 is 9.47 Å². The maximum Gasteiger partial charge on any atom is 0.338 e. The Morgan fingerprint density at radius 2 is 1.53 bits per heavy atom. The molecule has 0 saturated carbocycles. The standard InChI is InChI=1S/C29H25NO6/c1-3-35-29(31)25-17-24(26(30(32)33)18-23(25)21-12-8-5-9-13-21)22-14-15-27(28(16-22)34-2)36-19-20-10-6-4-7-11-20/h4-18H,3,19H2,1-2H3. The number of hydrogen-bond donors (Lipinski definition) is 0. The van der Waals surface area contributed by atoms with Crippen LogP contribution in [0, 0.1) is 10.1 Å². The van der Waals surface area contributed by atoms with Gasteiger partial charge in [-0.05, 0) is 41.8 Å². The Labute approximate surface area is 209 Å². The van der Waals surface area contributed by atoms with Gasteiger partial charge in [0, 0.05) is 11.6 Å². The summed E-state index contributed by atoms with van der Waals surface area (Å²) in [7, 11) is 1.51. The molecule has 0 aliphatic rings. The van der Waals surface area contributed by atoms with Crippen LogP contribution in [0.1, 0.15) is 22.8 Å². The average molecular weight is 484 g/mol. The van der Waals surface area contributed by atoms with Gasteiger partial charge < -0.3 is 14.2 Å². The van der Waals surface area contributed by atoms with Crippen molar-refractivity contribution >= 4 is 11.7 Å². The van der Waals surface area contributed by atoms with Crippen molar-refractivity contribution in [3.8, 4) is 33.8 Å². The minimum absolute atomic E-state index is 0.137. The van der Waals surface area contributed by atoms with Crippen LogP contribution in [0.4, 0.5) is 5.69 Å². The van der Waals surface area contributed by atoms with E-state index in [-0.39, 0.29) is 23.4 Å². The maximum absolute atomic E-state index is 12.9. The third-order valence-electron chi connectivity index (χ3n) is 5.62. The van der Waals surface area contributed by atoms with Crippen LogP contribution in [-0.2, 0) is 11.3 Å². The molecule has 182 valence electrons. The molecule has 0 bridgehead atoms. The second-order valence-electron chi connectivity index (χ2n) is 7.90. The van der Waals surface area contributed by atoms with Crippen LogP contribution in [0.5, 0.6) is 11.5 Å². The molecule has 7 nitrogen and oxygen atoms in total. The van der Waals surface area contributed by atoms with Crippen molar-refractivity contribution < 1.29 is 23.9 Å². The SMILES string of the molecule is CCOC(=O)c1cc(-c2ccc(OCc3ccccc3)c(OC)c2)c([N+](=O)[O-])cc1-c1ccccc1. The molecule has 7 heteroatoms. The molecule has 0 aliphatic heterocycles. The van der Waals surface area contributed by atoms with E-state index in [4.69, 9.17) is 14.2 Å². The summed E-state index contributed by atoms with van der Waals surface area (Å²) in [6, 6.07) is 26.8. The largest absolute Gasteiger partial charge is 0.493 e. The van der Waals surface area contributed by atoms with E-state index >= 15 is 0 Å². The number of nitro groups is 1. The molecular weight excluding hydrogens is 458 g/mol. The van der Waals surface area contributed by atoms with Crippen molar-refractivity contribution in [2.75, 3.05) is 13.7 Å². The Balaban J connectivity index is 1.79. The number of benzene rings is 4. The number of ether oxygens (including phenoxy) is 3. The third-order valence-corrected chi connectivity index (χ3v) is 5.62. The second-order valence-corrected chi connectivity index (χ2v) is 7.90. The Kier molecular flexibility index (Phi) is 7.60. The summed E-state index contributed by atoms with van der Waals surface area (Å²) < 4.78 is 16.7. The van der Waals surface area contributed by atoms with Gasteiger partial charge in [-0.1, -0.05) is 66.7 Å². The first-order chi connectivity index (χ1) is 17.5. The molecule has 0 saturated heterocycles. The zero-order valence-corrected chi connectivity index (χ0v) is 20.0. The molecule has 0 atom stereocenters. The number of nitro benzene ring substituents is 1. The monoisotopic (exact) mass is 483 g/mol. The van der Waals surface area contributed by atoms with Crippen LogP contribution >= 0.6 is 0 Å². The summed E-state index contributed by atoms with van der Waals surface area (Å²) in [5, 5.41) is 12.1. The fourth-order valence-electron chi connectivity index (χ4n) is 3.89. The molecule has 0 radical (unpaired) electrons. The quantitative estimate of drug-likeness (QED) is 0.150. The second kappa shape index (κ2) is 11.2. The predicted octanol–water partition coefficient (Wildman–Crippen LogP) is 6.69. The topological polar surface area (TPSA) is 87.9 Å². The zero-order chi connectivity index (χ0) is 25.5. The lowest BCUT2D eigenvalue weighted by molar-refractivity contribution is -0.384. The summed E-state index contributed by atoms with van der Waals surface area (Å²) in [5.41, 5.74) is 2.99. The fraction of sp³-hybridized carbons (Fsp3) is 0.138. The average Bonchev–Trinajstić information content (AvgIpc) is 2.92. The summed E-state index contributed by atoms with van der Waals surface area (Å²) >= 11 is 0. The van der Waals surface area contributed by atoms with E-state index in [0.717, 1.165) is 5.56 Å². The van der Waals surface area contributed by atoms with Crippen molar-refractivity contribution in [2.45, 2.75) is 13.5 Å². The van der Waals surface area contributed by atoms with Crippen molar-refractivity contribution in [1.29, 1.82) is 0 Å².